The molecule has 0 atom stereocenters. The summed E-state index contributed by atoms with van der Waals surface area (Å²) in [5.74, 6) is 0. The second-order valence-electron chi connectivity index (χ2n) is 5.39. The fraction of sp³-hybridized carbons (Fsp3) is 0.385. The number of amides is 1. The first-order valence-electron chi connectivity index (χ1n) is 6.14. The molecule has 0 unspecified atom stereocenters. The Labute approximate surface area is 136 Å². The Kier molecular flexibility index (Phi) is 4.51. The second kappa shape index (κ2) is 5.87. The highest BCUT2D eigenvalue weighted by Crippen LogP contribution is 2.41. The van der Waals surface area contributed by atoms with Gasteiger partial charge >= 0.3 is 6.09 Å². The van der Waals surface area contributed by atoms with Crippen molar-refractivity contribution in [1.82, 2.24) is 9.78 Å². The normalized spacial score (nSPS) is 11.5. The lowest BCUT2D eigenvalue weighted by Crippen LogP contribution is -2.26. The molecule has 0 bridgehead atoms. The SMILES string of the molecule is Cn1ncc(Cl)c1-c1cc(NC(=O)OC(C)(C)C)sc1Cl. The maximum atomic E-state index is 11.8. The van der Waals surface area contributed by atoms with Crippen molar-refractivity contribution in [3.63, 3.8) is 0 Å². The number of aromatic nitrogens is 2. The van der Waals surface area contributed by atoms with Crippen LogP contribution in [0.2, 0.25) is 9.36 Å². The molecule has 0 fully saturated rings. The van der Waals surface area contributed by atoms with Crippen LogP contribution in [0.25, 0.3) is 11.3 Å². The van der Waals surface area contributed by atoms with Crippen LogP contribution in [-0.4, -0.2) is 21.5 Å². The van der Waals surface area contributed by atoms with Crippen LogP contribution in [0.15, 0.2) is 12.3 Å². The molecule has 1 amide bonds. The van der Waals surface area contributed by atoms with Crippen molar-refractivity contribution in [2.45, 2.75) is 26.4 Å². The van der Waals surface area contributed by atoms with Crippen LogP contribution in [0.4, 0.5) is 9.80 Å². The van der Waals surface area contributed by atoms with Gasteiger partial charge in [-0.3, -0.25) is 10.00 Å². The van der Waals surface area contributed by atoms with E-state index in [9.17, 15) is 4.79 Å². The van der Waals surface area contributed by atoms with Crippen LogP contribution in [0.5, 0.6) is 0 Å². The maximum Gasteiger partial charge on any atom is 0.412 e. The van der Waals surface area contributed by atoms with Gasteiger partial charge in [0.1, 0.15) is 9.94 Å². The maximum absolute atomic E-state index is 11.8. The van der Waals surface area contributed by atoms with Crippen molar-refractivity contribution < 1.29 is 9.53 Å². The number of halogens is 2. The third kappa shape index (κ3) is 3.90. The van der Waals surface area contributed by atoms with Crippen LogP contribution in [0.3, 0.4) is 0 Å². The van der Waals surface area contributed by atoms with Crippen molar-refractivity contribution in [1.29, 1.82) is 0 Å². The summed E-state index contributed by atoms with van der Waals surface area (Å²) in [4.78, 5) is 11.8. The Balaban J connectivity index is 2.23. The molecule has 5 nitrogen and oxygen atoms in total. The highest BCUT2D eigenvalue weighted by molar-refractivity contribution is 7.20. The number of thiophene rings is 1. The molecule has 21 heavy (non-hydrogen) atoms. The van der Waals surface area contributed by atoms with Gasteiger partial charge in [0.25, 0.3) is 0 Å². The van der Waals surface area contributed by atoms with E-state index in [0.29, 0.717) is 20.1 Å². The van der Waals surface area contributed by atoms with Gasteiger partial charge in [-0.15, -0.1) is 11.3 Å². The first-order valence-corrected chi connectivity index (χ1v) is 7.72. The number of aryl methyl sites for hydroxylation is 1. The van der Waals surface area contributed by atoms with Gasteiger partial charge in [-0.05, 0) is 26.8 Å². The minimum absolute atomic E-state index is 0.501. The smallest absolute Gasteiger partial charge is 0.412 e. The topological polar surface area (TPSA) is 56.2 Å². The minimum Gasteiger partial charge on any atom is -0.444 e. The van der Waals surface area contributed by atoms with Crippen LogP contribution in [-0.2, 0) is 11.8 Å². The molecule has 0 saturated carbocycles. The average molecular weight is 348 g/mol. The molecule has 0 aliphatic carbocycles. The zero-order valence-corrected chi connectivity index (χ0v) is 14.4. The number of hydrogen-bond acceptors (Lipinski definition) is 4. The zero-order chi connectivity index (χ0) is 15.8. The minimum atomic E-state index is -0.556. The third-order valence-corrected chi connectivity index (χ3v) is 4.01. The summed E-state index contributed by atoms with van der Waals surface area (Å²) >= 11 is 13.6. The number of nitrogens with zero attached hydrogens (tertiary/aromatic N) is 2. The standard InChI is InChI=1S/C13H15Cl2N3O2S/c1-13(2,3)20-12(19)17-9-5-7(11(15)21-9)10-8(14)6-16-18(10)4/h5-6H,1-4H3,(H,17,19). The third-order valence-electron chi connectivity index (χ3n) is 2.46. The van der Waals surface area contributed by atoms with Crippen LogP contribution >= 0.6 is 34.5 Å². The summed E-state index contributed by atoms with van der Waals surface area (Å²) in [6.45, 7) is 5.40. The van der Waals surface area contributed by atoms with Gasteiger partial charge in [-0.1, -0.05) is 23.2 Å². The molecule has 114 valence electrons. The Bertz CT molecular complexity index is 654. The zero-order valence-electron chi connectivity index (χ0n) is 12.0. The molecule has 2 aromatic heterocycles. The van der Waals surface area contributed by atoms with Gasteiger partial charge in [0, 0.05) is 12.6 Å². The van der Waals surface area contributed by atoms with Crippen molar-refractivity contribution in [2.75, 3.05) is 5.32 Å². The molecule has 8 heteroatoms. The van der Waals surface area contributed by atoms with E-state index in [-0.39, 0.29) is 0 Å². The molecule has 0 saturated heterocycles. The Morgan fingerprint density at radius 2 is 2.10 bits per heavy atom. The first-order chi connectivity index (χ1) is 9.67. The average Bonchev–Trinajstić information content (AvgIpc) is 2.80. The first kappa shape index (κ1) is 16.1. The summed E-state index contributed by atoms with van der Waals surface area (Å²) in [7, 11) is 1.77. The summed E-state index contributed by atoms with van der Waals surface area (Å²) in [6, 6.07) is 1.75. The van der Waals surface area contributed by atoms with Gasteiger partial charge < -0.3 is 4.74 Å². The lowest BCUT2D eigenvalue weighted by Gasteiger charge is -2.19. The molecule has 2 rings (SSSR count). The summed E-state index contributed by atoms with van der Waals surface area (Å²) in [6.07, 6.45) is 1.02. The summed E-state index contributed by atoms with van der Waals surface area (Å²) in [5.41, 5.74) is 0.868. The van der Waals surface area contributed by atoms with E-state index >= 15 is 0 Å². The van der Waals surface area contributed by atoms with Crippen LogP contribution < -0.4 is 5.32 Å². The molecular formula is C13H15Cl2N3O2S. The lowest BCUT2D eigenvalue weighted by atomic mass is 10.2. The molecule has 2 aromatic rings. The van der Waals surface area contributed by atoms with Gasteiger partial charge in [0.05, 0.1) is 21.9 Å². The number of nitrogens with one attached hydrogen (secondary N) is 1. The number of rotatable bonds is 2. The monoisotopic (exact) mass is 347 g/mol. The number of ether oxygens (including phenoxy) is 1. The number of carbonyl (C=O) groups excluding carboxylic acids is 1. The van der Waals surface area contributed by atoms with E-state index < -0.39 is 11.7 Å². The largest absolute Gasteiger partial charge is 0.444 e. The van der Waals surface area contributed by atoms with E-state index in [1.165, 1.54) is 11.3 Å². The van der Waals surface area contributed by atoms with E-state index in [1.54, 1.807) is 44.8 Å². The van der Waals surface area contributed by atoms with Crippen molar-refractivity contribution in [2.24, 2.45) is 7.05 Å². The molecule has 2 heterocycles. The fourth-order valence-corrected chi connectivity index (χ4v) is 3.14. The van der Waals surface area contributed by atoms with Gasteiger partial charge in [-0.25, -0.2) is 4.79 Å². The molecule has 0 aliphatic rings. The Morgan fingerprint density at radius 1 is 1.43 bits per heavy atom. The highest BCUT2D eigenvalue weighted by atomic mass is 35.5. The van der Waals surface area contributed by atoms with E-state index in [4.69, 9.17) is 27.9 Å². The van der Waals surface area contributed by atoms with E-state index in [0.717, 1.165) is 5.56 Å². The van der Waals surface area contributed by atoms with Crippen molar-refractivity contribution >= 4 is 45.6 Å². The van der Waals surface area contributed by atoms with Crippen LogP contribution in [0.1, 0.15) is 20.8 Å². The van der Waals surface area contributed by atoms with Crippen LogP contribution in [0, 0.1) is 0 Å². The van der Waals surface area contributed by atoms with E-state index in [1.807, 2.05) is 0 Å². The van der Waals surface area contributed by atoms with Gasteiger partial charge in [0.2, 0.25) is 0 Å². The molecule has 1 N–H and O–H groups in total. The van der Waals surface area contributed by atoms with Crippen molar-refractivity contribution in [3.05, 3.63) is 21.6 Å². The van der Waals surface area contributed by atoms with Crippen molar-refractivity contribution in [3.8, 4) is 11.3 Å². The quantitative estimate of drug-likeness (QED) is 0.848. The second-order valence-corrected chi connectivity index (χ2v) is 7.45. The Hall–Kier alpha value is -1.24. The number of anilines is 1. The molecule has 0 aromatic carbocycles. The molecule has 0 aliphatic heterocycles. The fourth-order valence-electron chi connectivity index (χ4n) is 1.71. The molecule has 0 radical (unpaired) electrons. The lowest BCUT2D eigenvalue weighted by molar-refractivity contribution is 0.0636. The summed E-state index contributed by atoms with van der Waals surface area (Å²) < 4.78 is 7.35. The predicted octanol–water partition coefficient (Wildman–Crippen LogP) is 4.80. The number of hydrogen-bond donors (Lipinski definition) is 1. The predicted molar refractivity (Wildman–Crippen MR) is 86.4 cm³/mol. The highest BCUT2D eigenvalue weighted by Gasteiger charge is 2.20. The Morgan fingerprint density at radius 3 is 2.62 bits per heavy atom. The molecule has 0 spiro atoms. The van der Waals surface area contributed by atoms with E-state index in [2.05, 4.69) is 10.4 Å². The number of carbonyl (C=O) groups is 1. The van der Waals surface area contributed by atoms with Gasteiger partial charge in [0.15, 0.2) is 0 Å². The molecular weight excluding hydrogens is 333 g/mol. The van der Waals surface area contributed by atoms with Gasteiger partial charge in [-0.2, -0.15) is 5.10 Å². The summed E-state index contributed by atoms with van der Waals surface area (Å²) in [5, 5.41) is 7.82.